The molecule has 2 heterocycles. The molecule has 92 valence electrons. The van der Waals surface area contributed by atoms with Gasteiger partial charge in [0.25, 0.3) is 0 Å². The molecular formula is C11H15N3O2S. The first kappa shape index (κ1) is 12.0. The minimum Gasteiger partial charge on any atom is -0.347 e. The Labute approximate surface area is 104 Å². The van der Waals surface area contributed by atoms with E-state index in [1.807, 2.05) is 6.20 Å². The number of thiazole rings is 1. The van der Waals surface area contributed by atoms with Crippen LogP contribution in [0.1, 0.15) is 23.2 Å². The fourth-order valence-corrected chi connectivity index (χ4v) is 2.53. The summed E-state index contributed by atoms with van der Waals surface area (Å²) < 4.78 is 0. The summed E-state index contributed by atoms with van der Waals surface area (Å²) in [5.74, 6) is -0.0988. The van der Waals surface area contributed by atoms with Gasteiger partial charge in [0.05, 0.1) is 13.1 Å². The molecule has 1 aromatic rings. The first-order valence-electron chi connectivity index (χ1n) is 5.67. The highest BCUT2D eigenvalue weighted by Gasteiger charge is 2.20. The topological polar surface area (TPSA) is 62.3 Å². The lowest BCUT2D eigenvalue weighted by Crippen LogP contribution is -2.34. The third kappa shape index (κ3) is 3.03. The number of carbonyl (C=O) groups is 2. The van der Waals surface area contributed by atoms with E-state index in [0.29, 0.717) is 19.5 Å². The van der Waals surface area contributed by atoms with Crippen LogP contribution < -0.4 is 5.32 Å². The van der Waals surface area contributed by atoms with E-state index < -0.39 is 0 Å². The maximum atomic E-state index is 11.7. The predicted molar refractivity (Wildman–Crippen MR) is 64.5 cm³/mol. The van der Waals surface area contributed by atoms with E-state index in [0.717, 1.165) is 11.4 Å². The summed E-state index contributed by atoms with van der Waals surface area (Å²) in [7, 11) is 0. The summed E-state index contributed by atoms with van der Waals surface area (Å²) in [6.45, 7) is 3.17. The van der Waals surface area contributed by atoms with Crippen LogP contribution in [0.25, 0.3) is 0 Å². The van der Waals surface area contributed by atoms with Gasteiger partial charge in [-0.15, -0.1) is 11.3 Å². The number of aryl methyl sites for hydroxylation is 1. The molecule has 2 amide bonds. The number of aromatic nitrogens is 1. The lowest BCUT2D eigenvalue weighted by molar-refractivity contribution is -0.130. The van der Waals surface area contributed by atoms with E-state index >= 15 is 0 Å². The molecule has 1 saturated heterocycles. The number of nitrogens with zero attached hydrogens (tertiary/aromatic N) is 2. The van der Waals surface area contributed by atoms with Gasteiger partial charge in [-0.05, 0) is 6.42 Å². The molecule has 1 aliphatic heterocycles. The second kappa shape index (κ2) is 5.27. The van der Waals surface area contributed by atoms with E-state index in [4.69, 9.17) is 0 Å². The SMILES string of the molecule is CCc1cnc(CN2CCC(=O)NCC2=O)s1. The van der Waals surface area contributed by atoms with E-state index in [1.54, 1.807) is 16.2 Å². The van der Waals surface area contributed by atoms with Gasteiger partial charge in [0, 0.05) is 24.0 Å². The van der Waals surface area contributed by atoms with Crippen LogP contribution in [0, 0.1) is 0 Å². The van der Waals surface area contributed by atoms with Crippen molar-refractivity contribution in [3.8, 4) is 0 Å². The number of hydrogen-bond acceptors (Lipinski definition) is 4. The van der Waals surface area contributed by atoms with Gasteiger partial charge < -0.3 is 10.2 Å². The standard InChI is InChI=1S/C11H15N3O2S/c1-2-8-5-13-10(17-8)7-14-4-3-9(15)12-6-11(14)16/h5H,2-4,6-7H2,1H3,(H,12,15). The highest BCUT2D eigenvalue weighted by molar-refractivity contribution is 7.11. The molecule has 0 bridgehead atoms. The number of hydrogen-bond donors (Lipinski definition) is 1. The molecule has 2 rings (SSSR count). The number of amides is 2. The normalized spacial score (nSPS) is 16.9. The quantitative estimate of drug-likeness (QED) is 0.856. The highest BCUT2D eigenvalue weighted by Crippen LogP contribution is 2.16. The lowest BCUT2D eigenvalue weighted by atomic mass is 10.4. The van der Waals surface area contributed by atoms with Crippen molar-refractivity contribution in [3.63, 3.8) is 0 Å². The monoisotopic (exact) mass is 253 g/mol. The molecule has 1 fully saturated rings. The Hall–Kier alpha value is -1.43. The van der Waals surface area contributed by atoms with Gasteiger partial charge in [0.2, 0.25) is 11.8 Å². The molecule has 0 spiro atoms. The number of carbonyl (C=O) groups excluding carboxylic acids is 2. The molecule has 1 N–H and O–H groups in total. The first-order valence-corrected chi connectivity index (χ1v) is 6.48. The molecule has 0 aliphatic carbocycles. The summed E-state index contributed by atoms with van der Waals surface area (Å²) in [5, 5.41) is 3.51. The van der Waals surface area contributed by atoms with Crippen molar-refractivity contribution in [1.82, 2.24) is 15.2 Å². The summed E-state index contributed by atoms with van der Waals surface area (Å²) in [6.07, 6.45) is 3.19. The second-order valence-corrected chi connectivity index (χ2v) is 5.12. The summed E-state index contributed by atoms with van der Waals surface area (Å²) >= 11 is 1.63. The fourth-order valence-electron chi connectivity index (χ4n) is 1.65. The highest BCUT2D eigenvalue weighted by atomic mass is 32.1. The van der Waals surface area contributed by atoms with Crippen LogP contribution in [0.2, 0.25) is 0 Å². The molecule has 6 heteroatoms. The van der Waals surface area contributed by atoms with Crippen molar-refractivity contribution < 1.29 is 9.59 Å². The van der Waals surface area contributed by atoms with Crippen LogP contribution in [-0.2, 0) is 22.6 Å². The predicted octanol–water partition coefficient (Wildman–Crippen LogP) is 0.554. The van der Waals surface area contributed by atoms with Gasteiger partial charge in [-0.25, -0.2) is 4.98 Å². The molecule has 0 aromatic carbocycles. The Kier molecular flexibility index (Phi) is 3.73. The maximum absolute atomic E-state index is 11.7. The molecule has 1 aliphatic rings. The molecule has 1 aromatic heterocycles. The molecule has 0 saturated carbocycles. The van der Waals surface area contributed by atoms with Crippen LogP contribution in [0.4, 0.5) is 0 Å². The van der Waals surface area contributed by atoms with Gasteiger partial charge in [0.1, 0.15) is 5.01 Å². The molecule has 5 nitrogen and oxygen atoms in total. The molecule has 0 radical (unpaired) electrons. The van der Waals surface area contributed by atoms with Gasteiger partial charge in [-0.1, -0.05) is 6.92 Å². The number of rotatable bonds is 3. The Balaban J connectivity index is 2.01. The van der Waals surface area contributed by atoms with Crippen LogP contribution >= 0.6 is 11.3 Å². The van der Waals surface area contributed by atoms with E-state index in [-0.39, 0.29) is 18.4 Å². The maximum Gasteiger partial charge on any atom is 0.242 e. The van der Waals surface area contributed by atoms with Crippen LogP contribution in [0.5, 0.6) is 0 Å². The zero-order chi connectivity index (χ0) is 12.3. The zero-order valence-corrected chi connectivity index (χ0v) is 10.5. The second-order valence-electron chi connectivity index (χ2n) is 3.92. The number of nitrogens with one attached hydrogen (secondary N) is 1. The van der Waals surface area contributed by atoms with Crippen molar-refractivity contribution in [2.45, 2.75) is 26.3 Å². The largest absolute Gasteiger partial charge is 0.347 e. The Morgan fingerprint density at radius 3 is 3.06 bits per heavy atom. The Morgan fingerprint density at radius 1 is 1.53 bits per heavy atom. The van der Waals surface area contributed by atoms with Crippen molar-refractivity contribution >= 4 is 23.2 Å². The van der Waals surface area contributed by atoms with Gasteiger partial charge in [-0.3, -0.25) is 9.59 Å². The third-order valence-corrected chi connectivity index (χ3v) is 3.80. The van der Waals surface area contributed by atoms with Crippen molar-refractivity contribution in [1.29, 1.82) is 0 Å². The smallest absolute Gasteiger partial charge is 0.242 e. The third-order valence-electron chi connectivity index (χ3n) is 2.67. The Morgan fingerprint density at radius 2 is 2.35 bits per heavy atom. The minimum atomic E-state index is -0.0609. The summed E-state index contributed by atoms with van der Waals surface area (Å²) in [6, 6.07) is 0. The fraction of sp³-hybridized carbons (Fsp3) is 0.545. The lowest BCUT2D eigenvalue weighted by Gasteiger charge is -2.17. The molecule has 0 atom stereocenters. The van der Waals surface area contributed by atoms with E-state index in [9.17, 15) is 9.59 Å². The first-order chi connectivity index (χ1) is 8.19. The van der Waals surface area contributed by atoms with Crippen LogP contribution in [0.15, 0.2) is 6.20 Å². The van der Waals surface area contributed by atoms with E-state index in [2.05, 4.69) is 17.2 Å². The Bertz CT molecular complexity index is 430. The molecular weight excluding hydrogens is 238 g/mol. The van der Waals surface area contributed by atoms with E-state index in [1.165, 1.54) is 4.88 Å². The van der Waals surface area contributed by atoms with Gasteiger partial charge >= 0.3 is 0 Å². The van der Waals surface area contributed by atoms with Crippen LogP contribution in [0.3, 0.4) is 0 Å². The van der Waals surface area contributed by atoms with Crippen molar-refractivity contribution in [2.24, 2.45) is 0 Å². The average molecular weight is 253 g/mol. The summed E-state index contributed by atoms with van der Waals surface area (Å²) in [4.78, 5) is 30.1. The molecule has 17 heavy (non-hydrogen) atoms. The van der Waals surface area contributed by atoms with Gasteiger partial charge in [-0.2, -0.15) is 0 Å². The van der Waals surface area contributed by atoms with Gasteiger partial charge in [0.15, 0.2) is 0 Å². The van der Waals surface area contributed by atoms with Crippen LogP contribution in [-0.4, -0.2) is 34.8 Å². The minimum absolute atomic E-state index is 0.0379. The van der Waals surface area contributed by atoms with Crippen molar-refractivity contribution in [3.05, 3.63) is 16.1 Å². The van der Waals surface area contributed by atoms with Crippen molar-refractivity contribution in [2.75, 3.05) is 13.1 Å². The summed E-state index contributed by atoms with van der Waals surface area (Å²) in [5.41, 5.74) is 0. The molecule has 0 unspecified atom stereocenters. The zero-order valence-electron chi connectivity index (χ0n) is 9.73. The average Bonchev–Trinajstić information content (AvgIpc) is 2.72.